The van der Waals surface area contributed by atoms with E-state index in [2.05, 4.69) is 4.98 Å². The van der Waals surface area contributed by atoms with Gasteiger partial charge in [0.1, 0.15) is 0 Å². The lowest BCUT2D eigenvalue weighted by Gasteiger charge is -1.96. The Morgan fingerprint density at radius 1 is 1.50 bits per heavy atom. The fourth-order valence-electron chi connectivity index (χ4n) is 1.26. The summed E-state index contributed by atoms with van der Waals surface area (Å²) in [7, 11) is 1.94. The van der Waals surface area contributed by atoms with E-state index in [1.165, 1.54) is 11.3 Å². The second-order valence-corrected chi connectivity index (χ2v) is 4.19. The van der Waals surface area contributed by atoms with Gasteiger partial charge in [-0.2, -0.15) is 0 Å². The molecular weight excluding hydrogens is 196 g/mol. The molecule has 4 heteroatoms. The van der Waals surface area contributed by atoms with Crippen LogP contribution in [0.25, 0.3) is 10.6 Å². The maximum absolute atomic E-state index is 11.1. The Morgan fingerprint density at radius 3 is 2.79 bits per heavy atom. The number of carbonyl (C=O) groups is 1. The molecule has 0 aliphatic carbocycles. The maximum Gasteiger partial charge on any atom is 0.169 e. The molecule has 0 saturated carbocycles. The summed E-state index contributed by atoms with van der Waals surface area (Å²) in [6.45, 7) is 1.58. The predicted molar refractivity (Wildman–Crippen MR) is 56.5 cm³/mol. The lowest BCUT2D eigenvalue weighted by atomic mass is 10.3. The van der Waals surface area contributed by atoms with Crippen molar-refractivity contribution in [1.29, 1.82) is 0 Å². The minimum atomic E-state index is 0.114. The van der Waals surface area contributed by atoms with E-state index in [1.807, 2.05) is 23.7 Å². The van der Waals surface area contributed by atoms with Gasteiger partial charge in [0, 0.05) is 7.05 Å². The van der Waals surface area contributed by atoms with Crippen LogP contribution in [0.4, 0.5) is 0 Å². The van der Waals surface area contributed by atoms with Crippen LogP contribution in [0.15, 0.2) is 24.7 Å². The van der Waals surface area contributed by atoms with Crippen molar-refractivity contribution in [3.05, 3.63) is 29.5 Å². The molecule has 0 N–H and O–H groups in total. The number of imidazole rings is 1. The number of aryl methyl sites for hydroxylation is 1. The summed E-state index contributed by atoms with van der Waals surface area (Å²) >= 11 is 1.50. The van der Waals surface area contributed by atoms with Crippen LogP contribution in [-0.2, 0) is 7.05 Å². The van der Waals surface area contributed by atoms with Gasteiger partial charge in [-0.15, -0.1) is 11.3 Å². The number of thiophene rings is 1. The third-order valence-corrected chi connectivity index (χ3v) is 3.23. The molecule has 2 aromatic heterocycles. The molecule has 0 aromatic carbocycles. The third-order valence-electron chi connectivity index (χ3n) is 2.02. The number of nitrogens with zero attached hydrogens (tertiary/aromatic N) is 2. The molecule has 72 valence electrons. The first kappa shape index (κ1) is 9.15. The van der Waals surface area contributed by atoms with Crippen LogP contribution in [0, 0.1) is 0 Å². The highest BCUT2D eigenvalue weighted by Gasteiger charge is 2.08. The van der Waals surface area contributed by atoms with Crippen LogP contribution in [0.3, 0.4) is 0 Å². The SMILES string of the molecule is CC(=O)c1ccc(-c2cncn2C)s1. The van der Waals surface area contributed by atoms with Gasteiger partial charge in [0.05, 0.1) is 28.0 Å². The van der Waals surface area contributed by atoms with Crippen molar-refractivity contribution in [2.45, 2.75) is 6.92 Å². The second-order valence-electron chi connectivity index (χ2n) is 3.11. The van der Waals surface area contributed by atoms with E-state index in [1.54, 1.807) is 19.4 Å². The van der Waals surface area contributed by atoms with Crippen molar-refractivity contribution < 1.29 is 4.79 Å². The molecule has 0 atom stereocenters. The van der Waals surface area contributed by atoms with E-state index in [0.29, 0.717) is 0 Å². The lowest BCUT2D eigenvalue weighted by molar-refractivity contribution is 0.102. The van der Waals surface area contributed by atoms with Crippen LogP contribution in [0.2, 0.25) is 0 Å². The average molecular weight is 206 g/mol. The fourth-order valence-corrected chi connectivity index (χ4v) is 2.21. The van der Waals surface area contributed by atoms with Crippen molar-refractivity contribution >= 4 is 17.1 Å². The number of hydrogen-bond acceptors (Lipinski definition) is 3. The van der Waals surface area contributed by atoms with Gasteiger partial charge in [-0.25, -0.2) is 4.98 Å². The third kappa shape index (κ3) is 1.48. The number of carbonyl (C=O) groups excluding carboxylic acids is 1. The van der Waals surface area contributed by atoms with E-state index < -0.39 is 0 Å². The molecule has 0 fully saturated rings. The molecule has 0 amide bonds. The summed E-state index contributed by atoms with van der Waals surface area (Å²) in [6, 6.07) is 3.81. The monoisotopic (exact) mass is 206 g/mol. The quantitative estimate of drug-likeness (QED) is 0.707. The highest BCUT2D eigenvalue weighted by atomic mass is 32.1. The zero-order chi connectivity index (χ0) is 10.1. The Morgan fingerprint density at radius 2 is 2.29 bits per heavy atom. The average Bonchev–Trinajstić information content (AvgIpc) is 2.71. The van der Waals surface area contributed by atoms with Crippen LogP contribution in [-0.4, -0.2) is 15.3 Å². The number of rotatable bonds is 2. The van der Waals surface area contributed by atoms with Crippen molar-refractivity contribution in [3.8, 4) is 10.6 Å². The second kappa shape index (κ2) is 3.38. The van der Waals surface area contributed by atoms with E-state index >= 15 is 0 Å². The van der Waals surface area contributed by atoms with Crippen molar-refractivity contribution in [2.24, 2.45) is 7.05 Å². The molecule has 3 nitrogen and oxygen atoms in total. The molecule has 2 rings (SSSR count). The largest absolute Gasteiger partial charge is 0.333 e. The molecule has 0 spiro atoms. The Bertz CT molecular complexity index is 470. The normalized spacial score (nSPS) is 10.4. The molecule has 0 unspecified atom stereocenters. The van der Waals surface area contributed by atoms with Crippen LogP contribution in [0.5, 0.6) is 0 Å². The molecular formula is C10H10N2OS. The first-order valence-corrected chi connectivity index (χ1v) is 5.07. The predicted octanol–water partition coefficient (Wildman–Crippen LogP) is 2.35. The molecule has 14 heavy (non-hydrogen) atoms. The summed E-state index contributed by atoms with van der Waals surface area (Å²) in [4.78, 5) is 17.0. The van der Waals surface area contributed by atoms with Gasteiger partial charge in [-0.1, -0.05) is 0 Å². The highest BCUT2D eigenvalue weighted by Crippen LogP contribution is 2.27. The summed E-state index contributed by atoms with van der Waals surface area (Å²) in [5.41, 5.74) is 1.04. The number of aromatic nitrogens is 2. The summed E-state index contributed by atoms with van der Waals surface area (Å²) in [5.74, 6) is 0.114. The van der Waals surface area contributed by atoms with Gasteiger partial charge in [0.25, 0.3) is 0 Å². The van der Waals surface area contributed by atoms with Gasteiger partial charge >= 0.3 is 0 Å². The zero-order valence-electron chi connectivity index (χ0n) is 8.02. The molecule has 0 radical (unpaired) electrons. The molecule has 0 bridgehead atoms. The van der Waals surface area contributed by atoms with E-state index in [9.17, 15) is 4.79 Å². The molecule has 0 aliphatic heterocycles. The first-order valence-electron chi connectivity index (χ1n) is 4.26. The Balaban J connectivity index is 2.43. The van der Waals surface area contributed by atoms with Crippen molar-refractivity contribution in [1.82, 2.24) is 9.55 Å². The number of ketones is 1. The Kier molecular flexibility index (Phi) is 2.21. The topological polar surface area (TPSA) is 34.9 Å². The highest BCUT2D eigenvalue weighted by molar-refractivity contribution is 7.17. The van der Waals surface area contributed by atoms with Crippen LogP contribution < -0.4 is 0 Å². The Hall–Kier alpha value is -1.42. The molecule has 2 aromatic rings. The van der Waals surface area contributed by atoms with E-state index in [0.717, 1.165) is 15.4 Å². The molecule has 0 aliphatic rings. The van der Waals surface area contributed by atoms with Crippen molar-refractivity contribution in [3.63, 3.8) is 0 Å². The smallest absolute Gasteiger partial charge is 0.169 e. The molecule has 0 saturated heterocycles. The lowest BCUT2D eigenvalue weighted by Crippen LogP contribution is -1.86. The Labute approximate surface area is 86.0 Å². The molecule has 2 heterocycles. The minimum Gasteiger partial charge on any atom is -0.333 e. The van der Waals surface area contributed by atoms with Gasteiger partial charge < -0.3 is 4.57 Å². The van der Waals surface area contributed by atoms with E-state index in [4.69, 9.17) is 0 Å². The zero-order valence-corrected chi connectivity index (χ0v) is 8.84. The van der Waals surface area contributed by atoms with Gasteiger partial charge in [0.2, 0.25) is 0 Å². The summed E-state index contributed by atoms with van der Waals surface area (Å²) in [6.07, 6.45) is 3.55. The maximum atomic E-state index is 11.1. The van der Waals surface area contributed by atoms with Crippen LogP contribution in [0.1, 0.15) is 16.6 Å². The summed E-state index contributed by atoms with van der Waals surface area (Å²) < 4.78 is 1.94. The summed E-state index contributed by atoms with van der Waals surface area (Å²) in [5, 5.41) is 0. The standard InChI is InChI=1S/C10H10N2OS/c1-7(13)9-3-4-10(14-9)8-5-11-6-12(8)2/h3-6H,1-2H3. The van der Waals surface area contributed by atoms with Gasteiger partial charge in [-0.05, 0) is 19.1 Å². The van der Waals surface area contributed by atoms with Crippen molar-refractivity contribution in [2.75, 3.05) is 0 Å². The fraction of sp³-hybridized carbons (Fsp3) is 0.200. The van der Waals surface area contributed by atoms with Gasteiger partial charge in [-0.3, -0.25) is 4.79 Å². The van der Waals surface area contributed by atoms with Gasteiger partial charge in [0.15, 0.2) is 5.78 Å². The van der Waals surface area contributed by atoms with E-state index in [-0.39, 0.29) is 5.78 Å². The number of Topliss-reactive ketones (excluding diaryl/α,β-unsaturated/α-hetero) is 1. The number of hydrogen-bond donors (Lipinski definition) is 0. The minimum absolute atomic E-state index is 0.114. The van der Waals surface area contributed by atoms with Crippen LogP contribution >= 0.6 is 11.3 Å². The first-order chi connectivity index (χ1) is 6.68.